The molecule has 0 aliphatic carbocycles. The molecule has 0 saturated heterocycles. The molecule has 8 nitrogen and oxygen atoms in total. The molecular weight excluding hydrogens is 432 g/mol. The van der Waals surface area contributed by atoms with Crippen LogP contribution in [0, 0.1) is 0 Å². The molecule has 2 aromatic rings. The second-order valence-corrected chi connectivity index (χ2v) is 9.93. The number of nitrogens with zero attached hydrogens (tertiary/aromatic N) is 1. The topological polar surface area (TPSA) is 105 Å². The summed E-state index contributed by atoms with van der Waals surface area (Å²) in [5, 5.41) is 9.26. The number of carbonyl (C=O) groups is 1. The lowest BCUT2D eigenvalue weighted by molar-refractivity contribution is -0.131. The zero-order valence-corrected chi connectivity index (χ0v) is 19.8. The van der Waals surface area contributed by atoms with E-state index in [1.807, 2.05) is 0 Å². The van der Waals surface area contributed by atoms with E-state index in [4.69, 9.17) is 9.47 Å². The minimum absolute atomic E-state index is 0.0410. The van der Waals surface area contributed by atoms with Gasteiger partial charge in [-0.15, -0.1) is 0 Å². The quantitative estimate of drug-likeness (QED) is 0.368. The van der Waals surface area contributed by atoms with Gasteiger partial charge < -0.3 is 14.4 Å². The van der Waals surface area contributed by atoms with Crippen molar-refractivity contribution in [2.75, 3.05) is 33.4 Å². The lowest BCUT2D eigenvalue weighted by atomic mass is 9.99. The smallest absolute Gasteiger partial charge is 0.265 e. The molecule has 0 saturated carbocycles. The van der Waals surface area contributed by atoms with Crippen molar-refractivity contribution in [1.82, 2.24) is 10.4 Å². The SMILES string of the molecule is CCN(CC)CCOc1ccc(CC(C)(C(=O)NO)S(=O)(=O)c2ccc(OC)cc2)cc1. The number of methoxy groups -OCH3 is 1. The molecule has 2 aromatic carbocycles. The number of nitrogens with one attached hydrogen (secondary N) is 1. The third-order valence-corrected chi connectivity index (χ3v) is 7.99. The highest BCUT2D eigenvalue weighted by Gasteiger charge is 2.47. The summed E-state index contributed by atoms with van der Waals surface area (Å²) in [7, 11) is -2.66. The summed E-state index contributed by atoms with van der Waals surface area (Å²) in [5.74, 6) is 0.147. The van der Waals surface area contributed by atoms with Crippen LogP contribution in [0.25, 0.3) is 0 Å². The Balaban J connectivity index is 2.22. The van der Waals surface area contributed by atoms with Crippen molar-refractivity contribution in [3.63, 3.8) is 0 Å². The highest BCUT2D eigenvalue weighted by atomic mass is 32.2. The Bertz CT molecular complexity index is 973. The maximum absolute atomic E-state index is 13.3. The second-order valence-electron chi connectivity index (χ2n) is 7.55. The molecule has 0 heterocycles. The lowest BCUT2D eigenvalue weighted by Gasteiger charge is -2.27. The molecule has 0 aromatic heterocycles. The number of amides is 1. The van der Waals surface area contributed by atoms with Crippen LogP contribution in [0.4, 0.5) is 0 Å². The van der Waals surface area contributed by atoms with Crippen molar-refractivity contribution in [1.29, 1.82) is 0 Å². The fourth-order valence-corrected chi connectivity index (χ4v) is 5.02. The maximum atomic E-state index is 13.3. The first-order chi connectivity index (χ1) is 15.2. The summed E-state index contributed by atoms with van der Waals surface area (Å²) in [6.45, 7) is 8.74. The number of hydrogen-bond donors (Lipinski definition) is 2. The minimum Gasteiger partial charge on any atom is -0.497 e. The highest BCUT2D eigenvalue weighted by molar-refractivity contribution is 7.93. The predicted octanol–water partition coefficient (Wildman–Crippen LogP) is 2.70. The standard InChI is InChI=1S/C23H32N2O6S/c1-5-25(6-2)15-16-31-20-9-7-18(8-10-20)17-23(3,22(26)24-27)32(28,29)21-13-11-19(30-4)12-14-21/h7-14,27H,5-6,15-17H2,1-4H3,(H,24,26). The summed E-state index contributed by atoms with van der Waals surface area (Å²) >= 11 is 0. The lowest BCUT2D eigenvalue weighted by Crippen LogP contribution is -2.51. The molecule has 0 aliphatic heterocycles. The van der Waals surface area contributed by atoms with Gasteiger partial charge in [0.2, 0.25) is 0 Å². The van der Waals surface area contributed by atoms with Crippen LogP contribution in [0.15, 0.2) is 53.4 Å². The molecule has 0 radical (unpaired) electrons. The predicted molar refractivity (Wildman–Crippen MR) is 122 cm³/mol. The average Bonchev–Trinajstić information content (AvgIpc) is 2.82. The zero-order chi connectivity index (χ0) is 23.8. The van der Waals surface area contributed by atoms with E-state index in [-0.39, 0.29) is 11.3 Å². The van der Waals surface area contributed by atoms with Crippen molar-refractivity contribution in [3.8, 4) is 11.5 Å². The van der Waals surface area contributed by atoms with Crippen LogP contribution < -0.4 is 15.0 Å². The highest BCUT2D eigenvalue weighted by Crippen LogP contribution is 2.31. The summed E-state index contributed by atoms with van der Waals surface area (Å²) < 4.78 is 35.6. The Morgan fingerprint density at radius 3 is 2.09 bits per heavy atom. The van der Waals surface area contributed by atoms with Gasteiger partial charge in [-0.2, -0.15) is 0 Å². The van der Waals surface area contributed by atoms with Gasteiger partial charge in [-0.25, -0.2) is 13.9 Å². The van der Waals surface area contributed by atoms with Gasteiger partial charge in [0, 0.05) is 13.0 Å². The van der Waals surface area contributed by atoms with E-state index in [0.717, 1.165) is 19.6 Å². The Labute approximate surface area is 190 Å². The van der Waals surface area contributed by atoms with Gasteiger partial charge in [0.25, 0.3) is 5.91 Å². The first kappa shape index (κ1) is 25.6. The Kier molecular flexibility index (Phi) is 9.06. The molecular formula is C23H32N2O6S. The molecule has 0 spiro atoms. The summed E-state index contributed by atoms with van der Waals surface area (Å²) in [4.78, 5) is 14.7. The number of likely N-dealkylation sites (N-methyl/N-ethyl adjacent to an activating group) is 1. The van der Waals surface area contributed by atoms with E-state index in [1.54, 1.807) is 24.3 Å². The number of hydroxylamine groups is 1. The van der Waals surface area contributed by atoms with Crippen LogP contribution in [0.2, 0.25) is 0 Å². The third-order valence-electron chi connectivity index (χ3n) is 5.58. The molecule has 9 heteroatoms. The van der Waals surface area contributed by atoms with Gasteiger partial charge in [-0.3, -0.25) is 10.0 Å². The molecule has 176 valence electrons. The van der Waals surface area contributed by atoms with E-state index in [9.17, 15) is 18.4 Å². The van der Waals surface area contributed by atoms with Gasteiger partial charge in [-0.05, 0) is 62.0 Å². The Hall–Kier alpha value is -2.62. The van der Waals surface area contributed by atoms with E-state index in [1.165, 1.54) is 43.8 Å². The van der Waals surface area contributed by atoms with E-state index >= 15 is 0 Å². The van der Waals surface area contributed by atoms with Gasteiger partial charge in [-0.1, -0.05) is 26.0 Å². The number of hydrogen-bond acceptors (Lipinski definition) is 7. The van der Waals surface area contributed by atoms with Gasteiger partial charge >= 0.3 is 0 Å². The van der Waals surface area contributed by atoms with Crippen LogP contribution in [0.3, 0.4) is 0 Å². The first-order valence-electron chi connectivity index (χ1n) is 10.5. The third kappa shape index (κ3) is 5.79. The van der Waals surface area contributed by atoms with Gasteiger partial charge in [0.05, 0.1) is 12.0 Å². The molecule has 0 fully saturated rings. The van der Waals surface area contributed by atoms with Crippen molar-refractivity contribution in [2.45, 2.75) is 36.8 Å². The second kappa shape index (κ2) is 11.3. The molecule has 2 N–H and O–H groups in total. The molecule has 0 bridgehead atoms. The fourth-order valence-electron chi connectivity index (χ4n) is 3.36. The van der Waals surface area contributed by atoms with Crippen LogP contribution in [0.5, 0.6) is 11.5 Å². The maximum Gasteiger partial charge on any atom is 0.265 e. The van der Waals surface area contributed by atoms with Crippen LogP contribution in [-0.4, -0.2) is 62.5 Å². The van der Waals surface area contributed by atoms with Crippen molar-refractivity contribution in [3.05, 3.63) is 54.1 Å². The Morgan fingerprint density at radius 1 is 1.03 bits per heavy atom. The zero-order valence-electron chi connectivity index (χ0n) is 19.0. The minimum atomic E-state index is -4.14. The van der Waals surface area contributed by atoms with E-state index < -0.39 is 20.5 Å². The average molecular weight is 465 g/mol. The van der Waals surface area contributed by atoms with Gasteiger partial charge in [0.1, 0.15) is 18.1 Å². The number of ether oxygens (including phenoxy) is 2. The van der Waals surface area contributed by atoms with E-state index in [2.05, 4.69) is 18.7 Å². The molecule has 1 amide bonds. The Morgan fingerprint density at radius 2 is 1.59 bits per heavy atom. The first-order valence-corrected chi connectivity index (χ1v) is 12.0. The number of carbonyl (C=O) groups excluding carboxylic acids is 1. The summed E-state index contributed by atoms with van der Waals surface area (Å²) in [6, 6.07) is 12.7. The molecule has 2 rings (SSSR count). The van der Waals surface area contributed by atoms with Crippen LogP contribution in [-0.2, 0) is 21.1 Å². The molecule has 32 heavy (non-hydrogen) atoms. The summed E-state index contributed by atoms with van der Waals surface area (Å²) in [6.07, 6.45) is -0.131. The molecule has 1 unspecified atom stereocenters. The van der Waals surface area contributed by atoms with Crippen molar-refractivity contribution < 1.29 is 27.9 Å². The molecule has 1 atom stereocenters. The number of sulfone groups is 1. The van der Waals surface area contributed by atoms with Crippen molar-refractivity contribution >= 4 is 15.7 Å². The summed E-state index contributed by atoms with van der Waals surface area (Å²) in [5.41, 5.74) is 2.13. The largest absolute Gasteiger partial charge is 0.497 e. The fraction of sp³-hybridized carbons (Fsp3) is 0.435. The molecule has 0 aliphatic rings. The monoisotopic (exact) mass is 464 g/mol. The normalized spacial score (nSPS) is 13.4. The van der Waals surface area contributed by atoms with Crippen LogP contribution >= 0.6 is 0 Å². The van der Waals surface area contributed by atoms with Crippen LogP contribution in [0.1, 0.15) is 26.3 Å². The number of benzene rings is 2. The number of rotatable bonds is 12. The van der Waals surface area contributed by atoms with Gasteiger partial charge in [0.15, 0.2) is 14.6 Å². The van der Waals surface area contributed by atoms with Crippen molar-refractivity contribution in [2.24, 2.45) is 0 Å². The van der Waals surface area contributed by atoms with E-state index in [0.29, 0.717) is 23.7 Å².